The summed E-state index contributed by atoms with van der Waals surface area (Å²) >= 11 is 0. The molecule has 0 aromatic carbocycles. The first-order valence-electron chi connectivity index (χ1n) is 3.81. The van der Waals surface area contributed by atoms with E-state index < -0.39 is 0 Å². The number of allylic oxidation sites excluding steroid dienone is 5. The third kappa shape index (κ3) is 12.3. The topological polar surface area (TPSA) is 9.23 Å². The van der Waals surface area contributed by atoms with E-state index in [9.17, 15) is 0 Å². The maximum Gasteiger partial charge on any atom is 0.0924 e. The highest BCUT2D eigenvalue weighted by Gasteiger charge is 1.75. The summed E-state index contributed by atoms with van der Waals surface area (Å²) in [5, 5.41) is 0. The molecular formula is C10H18O. The van der Waals surface area contributed by atoms with Crippen molar-refractivity contribution in [3.8, 4) is 0 Å². The summed E-state index contributed by atoms with van der Waals surface area (Å²) in [6.07, 6.45) is 7.33. The van der Waals surface area contributed by atoms with Crippen molar-refractivity contribution >= 4 is 0 Å². The zero-order valence-electron chi connectivity index (χ0n) is 7.92. The Morgan fingerprint density at radius 2 is 1.82 bits per heavy atom. The van der Waals surface area contributed by atoms with Crippen LogP contribution in [0.25, 0.3) is 0 Å². The van der Waals surface area contributed by atoms with Crippen LogP contribution >= 0.6 is 0 Å². The highest BCUT2D eigenvalue weighted by atomic mass is 16.5. The Morgan fingerprint density at radius 1 is 1.27 bits per heavy atom. The summed E-state index contributed by atoms with van der Waals surface area (Å²) in [5.41, 5.74) is 0. The van der Waals surface area contributed by atoms with E-state index in [2.05, 4.69) is 6.58 Å². The van der Waals surface area contributed by atoms with E-state index in [4.69, 9.17) is 4.74 Å². The summed E-state index contributed by atoms with van der Waals surface area (Å²) in [7, 11) is 1.65. The summed E-state index contributed by atoms with van der Waals surface area (Å²) in [5.74, 6) is 0.896. The first-order chi connectivity index (χ1) is 5.31. The fraction of sp³-hybridized carbons (Fsp3) is 0.400. The molecule has 0 aliphatic carbocycles. The first kappa shape index (κ1) is 12.7. The molecule has 0 saturated heterocycles. The largest absolute Gasteiger partial charge is 0.501 e. The third-order valence-corrected chi connectivity index (χ3v) is 0.900. The Bertz CT molecular complexity index is 132. The predicted octanol–water partition coefficient (Wildman–Crippen LogP) is 3.31. The van der Waals surface area contributed by atoms with E-state index in [1.807, 2.05) is 39.0 Å². The van der Waals surface area contributed by atoms with Crippen molar-refractivity contribution in [2.24, 2.45) is 0 Å². The van der Waals surface area contributed by atoms with Crippen LogP contribution in [-0.2, 0) is 4.74 Å². The second-order valence-electron chi connectivity index (χ2n) is 1.60. The van der Waals surface area contributed by atoms with Crippen LogP contribution in [-0.4, -0.2) is 7.11 Å². The average Bonchev–Trinajstić information content (AvgIpc) is 2.08. The zero-order chi connectivity index (χ0) is 9.11. The summed E-state index contributed by atoms with van der Waals surface area (Å²) in [4.78, 5) is 0. The monoisotopic (exact) mass is 154 g/mol. The molecule has 0 fully saturated rings. The normalized spacial score (nSPS) is 10.4. The van der Waals surface area contributed by atoms with E-state index in [-0.39, 0.29) is 0 Å². The fourth-order valence-corrected chi connectivity index (χ4v) is 0.338. The Hall–Kier alpha value is -0.980. The lowest BCUT2D eigenvalue weighted by Gasteiger charge is -1.92. The van der Waals surface area contributed by atoms with Crippen LogP contribution in [0.3, 0.4) is 0 Å². The third-order valence-electron chi connectivity index (χ3n) is 0.900. The molecule has 0 bridgehead atoms. The van der Waals surface area contributed by atoms with E-state index in [1.165, 1.54) is 0 Å². The van der Waals surface area contributed by atoms with Gasteiger partial charge < -0.3 is 4.74 Å². The second-order valence-corrected chi connectivity index (χ2v) is 1.60. The molecule has 0 heterocycles. The number of ether oxygens (including phenoxy) is 1. The maximum atomic E-state index is 4.87. The molecule has 0 atom stereocenters. The van der Waals surface area contributed by atoms with Gasteiger partial charge in [0.1, 0.15) is 0 Å². The smallest absolute Gasteiger partial charge is 0.0924 e. The lowest BCUT2D eigenvalue weighted by atomic mass is 10.4. The molecule has 64 valence electrons. The zero-order valence-corrected chi connectivity index (χ0v) is 7.92. The molecule has 0 saturated carbocycles. The molecule has 0 aromatic heterocycles. The molecule has 0 aliphatic rings. The molecule has 0 rings (SSSR count). The lowest BCUT2D eigenvalue weighted by Crippen LogP contribution is -1.75. The Kier molecular flexibility index (Phi) is 13.6. The summed E-state index contributed by atoms with van der Waals surface area (Å²) in [6.45, 7) is 9.42. The van der Waals surface area contributed by atoms with E-state index in [1.54, 1.807) is 13.2 Å². The summed E-state index contributed by atoms with van der Waals surface area (Å²) < 4.78 is 4.87. The number of hydrogen-bond acceptors (Lipinski definition) is 1. The predicted molar refractivity (Wildman–Crippen MR) is 51.5 cm³/mol. The Labute approximate surface area is 70.1 Å². The van der Waals surface area contributed by atoms with Crippen LogP contribution in [0.15, 0.2) is 36.6 Å². The SMILES string of the molecule is C=C/C=C\C=C(/C)OC.CC. The first-order valence-corrected chi connectivity index (χ1v) is 3.81. The minimum atomic E-state index is 0.896. The summed E-state index contributed by atoms with van der Waals surface area (Å²) in [6, 6.07) is 0. The molecule has 0 radical (unpaired) electrons. The van der Waals surface area contributed by atoms with Crippen molar-refractivity contribution in [2.75, 3.05) is 7.11 Å². The molecule has 0 unspecified atom stereocenters. The quantitative estimate of drug-likeness (QED) is 0.447. The lowest BCUT2D eigenvalue weighted by molar-refractivity contribution is 0.294. The van der Waals surface area contributed by atoms with Crippen LogP contribution < -0.4 is 0 Å². The molecule has 1 nitrogen and oxygen atoms in total. The van der Waals surface area contributed by atoms with Crippen LogP contribution in [0.2, 0.25) is 0 Å². The van der Waals surface area contributed by atoms with Gasteiger partial charge in [0.15, 0.2) is 0 Å². The van der Waals surface area contributed by atoms with Crippen molar-refractivity contribution in [1.82, 2.24) is 0 Å². The van der Waals surface area contributed by atoms with Gasteiger partial charge in [-0.15, -0.1) is 0 Å². The van der Waals surface area contributed by atoms with Gasteiger partial charge in [-0.3, -0.25) is 0 Å². The Balaban J connectivity index is 0. The fourth-order valence-electron chi connectivity index (χ4n) is 0.338. The highest BCUT2D eigenvalue weighted by Crippen LogP contribution is 1.91. The van der Waals surface area contributed by atoms with Crippen molar-refractivity contribution < 1.29 is 4.74 Å². The van der Waals surface area contributed by atoms with Crippen molar-refractivity contribution in [2.45, 2.75) is 20.8 Å². The standard InChI is InChI=1S/C8H12O.C2H6/c1-4-5-6-7-8(2)9-3;1-2/h4-7H,1H2,2-3H3;1-2H3/b6-5-,8-7+;. The molecule has 0 amide bonds. The number of hydrogen-bond donors (Lipinski definition) is 0. The maximum absolute atomic E-state index is 4.87. The molecule has 0 spiro atoms. The molecule has 0 N–H and O–H groups in total. The average molecular weight is 154 g/mol. The molecule has 0 aliphatic heterocycles. The molecule has 11 heavy (non-hydrogen) atoms. The van der Waals surface area contributed by atoms with E-state index in [0.717, 1.165) is 5.76 Å². The van der Waals surface area contributed by atoms with E-state index in [0.29, 0.717) is 0 Å². The number of rotatable bonds is 3. The van der Waals surface area contributed by atoms with Gasteiger partial charge in [-0.05, 0) is 13.0 Å². The van der Waals surface area contributed by atoms with Gasteiger partial charge in [-0.25, -0.2) is 0 Å². The van der Waals surface area contributed by atoms with Gasteiger partial charge >= 0.3 is 0 Å². The minimum absolute atomic E-state index is 0.896. The van der Waals surface area contributed by atoms with Crippen LogP contribution in [0.1, 0.15) is 20.8 Å². The van der Waals surface area contributed by atoms with Gasteiger partial charge in [0.2, 0.25) is 0 Å². The van der Waals surface area contributed by atoms with Gasteiger partial charge in [0, 0.05) is 0 Å². The highest BCUT2D eigenvalue weighted by molar-refractivity contribution is 5.10. The van der Waals surface area contributed by atoms with Gasteiger partial charge in [0.25, 0.3) is 0 Å². The minimum Gasteiger partial charge on any atom is -0.501 e. The van der Waals surface area contributed by atoms with Gasteiger partial charge in [0.05, 0.1) is 12.9 Å². The van der Waals surface area contributed by atoms with E-state index >= 15 is 0 Å². The Morgan fingerprint density at radius 3 is 2.18 bits per heavy atom. The van der Waals surface area contributed by atoms with Crippen molar-refractivity contribution in [1.29, 1.82) is 0 Å². The van der Waals surface area contributed by atoms with Gasteiger partial charge in [-0.1, -0.05) is 38.7 Å². The molecule has 1 heteroatoms. The molecule has 0 aromatic rings. The molecular weight excluding hydrogens is 136 g/mol. The van der Waals surface area contributed by atoms with Gasteiger partial charge in [-0.2, -0.15) is 0 Å². The second kappa shape index (κ2) is 11.8. The van der Waals surface area contributed by atoms with Crippen LogP contribution in [0, 0.1) is 0 Å². The van der Waals surface area contributed by atoms with Crippen LogP contribution in [0.5, 0.6) is 0 Å². The van der Waals surface area contributed by atoms with Crippen molar-refractivity contribution in [3.63, 3.8) is 0 Å². The number of methoxy groups -OCH3 is 1. The van der Waals surface area contributed by atoms with Crippen molar-refractivity contribution in [3.05, 3.63) is 36.6 Å². The van der Waals surface area contributed by atoms with Crippen LogP contribution in [0.4, 0.5) is 0 Å².